The summed E-state index contributed by atoms with van der Waals surface area (Å²) in [6.45, 7) is 8.33. The van der Waals surface area contributed by atoms with Crippen molar-refractivity contribution in [3.63, 3.8) is 0 Å². The fourth-order valence-corrected chi connectivity index (χ4v) is 4.52. The van der Waals surface area contributed by atoms with Gasteiger partial charge in [0, 0.05) is 36.5 Å². The molecule has 3 heterocycles. The Labute approximate surface area is 209 Å². The quantitative estimate of drug-likeness (QED) is 0.315. The van der Waals surface area contributed by atoms with Gasteiger partial charge in [-0.1, -0.05) is 45.0 Å². The van der Waals surface area contributed by atoms with E-state index in [9.17, 15) is 4.79 Å². The van der Waals surface area contributed by atoms with Gasteiger partial charge in [0.15, 0.2) is 11.5 Å². The molecule has 1 fully saturated rings. The number of hydrogen-bond donors (Lipinski definition) is 4. The summed E-state index contributed by atoms with van der Waals surface area (Å²) < 4.78 is 15.1. The number of hydrogen-bond acceptors (Lipinski definition) is 5. The molecule has 186 valence electrons. The second-order valence-electron chi connectivity index (χ2n) is 10.3. The number of H-pyrrole nitrogens is 1. The van der Waals surface area contributed by atoms with E-state index < -0.39 is 0 Å². The van der Waals surface area contributed by atoms with Crippen molar-refractivity contribution >= 4 is 22.8 Å². The van der Waals surface area contributed by atoms with Crippen molar-refractivity contribution in [2.45, 2.75) is 45.2 Å². The van der Waals surface area contributed by atoms with Crippen molar-refractivity contribution < 1.29 is 9.18 Å². The van der Waals surface area contributed by atoms with Gasteiger partial charge in [-0.2, -0.15) is 5.10 Å². The zero-order chi connectivity index (χ0) is 25.3. The molecular weight excluding hydrogens is 455 g/mol. The highest BCUT2D eigenvalue weighted by molar-refractivity contribution is 6.00. The molecule has 8 heteroatoms. The fourth-order valence-electron chi connectivity index (χ4n) is 4.52. The van der Waals surface area contributed by atoms with Crippen molar-refractivity contribution in [1.29, 1.82) is 0 Å². The summed E-state index contributed by atoms with van der Waals surface area (Å²) in [4.78, 5) is 17.0. The minimum absolute atomic E-state index is 0.0151. The summed E-state index contributed by atoms with van der Waals surface area (Å²) in [6, 6.07) is 14.8. The number of nitrogens with zero attached hydrogens (tertiary/aromatic N) is 2. The van der Waals surface area contributed by atoms with Crippen molar-refractivity contribution in [2.75, 3.05) is 18.4 Å². The zero-order valence-electron chi connectivity index (χ0n) is 20.8. The Bertz CT molecular complexity index is 1380. The first-order valence-electron chi connectivity index (χ1n) is 12.3. The standard InChI is InChI=1S/C28H31FN6O/c1-28(2,3)20-8-6-17(7-9-20)27(36)32-15-19-5-4-18(14-23(19)29)22-11-13-31-25-24(22)26(35-34-25)33-21-10-12-30-16-21/h4-9,11,13-14,21,30H,10,12,15-16H2,1-3H3,(H,32,36)(H2,31,33,34,35). The van der Waals surface area contributed by atoms with E-state index in [1.54, 1.807) is 12.3 Å². The normalized spacial score (nSPS) is 15.8. The molecule has 2 aromatic carbocycles. The second kappa shape index (κ2) is 9.70. The topological polar surface area (TPSA) is 94.7 Å². The van der Waals surface area contributed by atoms with Crippen LogP contribution in [0.2, 0.25) is 0 Å². The summed E-state index contributed by atoms with van der Waals surface area (Å²) in [7, 11) is 0. The molecule has 1 unspecified atom stereocenters. The molecule has 4 aromatic rings. The molecule has 1 aliphatic heterocycles. The van der Waals surface area contributed by atoms with E-state index >= 15 is 4.39 Å². The summed E-state index contributed by atoms with van der Waals surface area (Å²) in [5, 5.41) is 17.9. The largest absolute Gasteiger partial charge is 0.364 e. The number of halogens is 1. The number of carbonyl (C=O) groups is 1. The molecule has 1 amide bonds. The van der Waals surface area contributed by atoms with Gasteiger partial charge in [-0.05, 0) is 59.3 Å². The monoisotopic (exact) mass is 486 g/mol. The first kappa shape index (κ1) is 23.9. The average Bonchev–Trinajstić information content (AvgIpc) is 3.53. The first-order chi connectivity index (χ1) is 17.3. The smallest absolute Gasteiger partial charge is 0.251 e. The molecule has 0 spiro atoms. The summed E-state index contributed by atoms with van der Waals surface area (Å²) in [6.07, 6.45) is 2.70. The summed E-state index contributed by atoms with van der Waals surface area (Å²) in [5.74, 6) is 0.111. The highest BCUT2D eigenvalue weighted by Crippen LogP contribution is 2.33. The first-order valence-corrected chi connectivity index (χ1v) is 12.3. The summed E-state index contributed by atoms with van der Waals surface area (Å²) >= 11 is 0. The molecule has 0 bridgehead atoms. The van der Waals surface area contributed by atoms with E-state index in [-0.39, 0.29) is 29.7 Å². The maximum absolute atomic E-state index is 15.1. The number of rotatable bonds is 6. The van der Waals surface area contributed by atoms with Crippen LogP contribution in [0.3, 0.4) is 0 Å². The van der Waals surface area contributed by atoms with Crippen LogP contribution >= 0.6 is 0 Å². The van der Waals surface area contributed by atoms with Crippen LogP contribution in [0.1, 0.15) is 48.7 Å². The molecule has 36 heavy (non-hydrogen) atoms. The zero-order valence-corrected chi connectivity index (χ0v) is 20.8. The third-order valence-electron chi connectivity index (χ3n) is 6.68. The molecule has 0 radical (unpaired) electrons. The summed E-state index contributed by atoms with van der Waals surface area (Å²) in [5.41, 5.74) is 4.36. The molecule has 1 saturated heterocycles. The van der Waals surface area contributed by atoms with Crippen LogP contribution in [0.25, 0.3) is 22.2 Å². The lowest BCUT2D eigenvalue weighted by molar-refractivity contribution is 0.0950. The number of anilines is 1. The van der Waals surface area contributed by atoms with Crippen molar-refractivity contribution in [1.82, 2.24) is 25.8 Å². The number of benzene rings is 2. The highest BCUT2D eigenvalue weighted by Gasteiger charge is 2.20. The Hall–Kier alpha value is -3.78. The van der Waals surface area contributed by atoms with E-state index in [0.29, 0.717) is 16.8 Å². The molecule has 2 aromatic heterocycles. The van der Waals surface area contributed by atoms with Gasteiger partial charge in [0.25, 0.3) is 5.91 Å². The van der Waals surface area contributed by atoms with E-state index in [1.807, 2.05) is 36.4 Å². The Kier molecular flexibility index (Phi) is 6.45. The number of carbonyl (C=O) groups excluding carboxylic acids is 1. The van der Waals surface area contributed by atoms with Gasteiger partial charge >= 0.3 is 0 Å². The second-order valence-corrected chi connectivity index (χ2v) is 10.3. The highest BCUT2D eigenvalue weighted by atomic mass is 19.1. The molecule has 7 nitrogen and oxygen atoms in total. The molecule has 0 saturated carbocycles. The van der Waals surface area contributed by atoms with Crippen LogP contribution in [0.5, 0.6) is 0 Å². The SMILES string of the molecule is CC(C)(C)c1ccc(C(=O)NCc2ccc(-c3ccnc4[nH]nc(NC5CCNC5)c34)cc2F)cc1. The third-order valence-corrected chi connectivity index (χ3v) is 6.68. The van der Waals surface area contributed by atoms with Gasteiger partial charge in [-0.25, -0.2) is 9.37 Å². The van der Waals surface area contributed by atoms with E-state index in [4.69, 9.17) is 0 Å². The molecular formula is C28H31FN6O. The number of pyridine rings is 1. The van der Waals surface area contributed by atoms with Gasteiger partial charge in [0.1, 0.15) is 5.82 Å². The molecule has 5 rings (SSSR count). The predicted octanol–water partition coefficient (Wildman–Crippen LogP) is 4.77. The number of aromatic nitrogens is 3. The van der Waals surface area contributed by atoms with Gasteiger partial charge < -0.3 is 16.0 Å². The molecule has 4 N–H and O–H groups in total. The average molecular weight is 487 g/mol. The molecule has 0 aliphatic carbocycles. The Morgan fingerprint density at radius 2 is 1.94 bits per heavy atom. The third kappa shape index (κ3) is 4.95. The van der Waals surface area contributed by atoms with Crippen molar-refractivity contribution in [3.8, 4) is 11.1 Å². The van der Waals surface area contributed by atoms with Crippen LogP contribution in [0.15, 0.2) is 54.7 Å². The van der Waals surface area contributed by atoms with E-state index in [2.05, 4.69) is 51.9 Å². The number of amides is 1. The molecule has 1 aliphatic rings. The van der Waals surface area contributed by atoms with Crippen LogP contribution in [0.4, 0.5) is 10.2 Å². The lowest BCUT2D eigenvalue weighted by Crippen LogP contribution is -2.23. The van der Waals surface area contributed by atoms with E-state index in [0.717, 1.165) is 47.4 Å². The van der Waals surface area contributed by atoms with Gasteiger partial charge in [-0.3, -0.25) is 9.89 Å². The number of aromatic amines is 1. The van der Waals surface area contributed by atoms with Crippen LogP contribution < -0.4 is 16.0 Å². The van der Waals surface area contributed by atoms with Gasteiger partial charge in [-0.15, -0.1) is 0 Å². The maximum Gasteiger partial charge on any atom is 0.251 e. The minimum Gasteiger partial charge on any atom is -0.364 e. The van der Waals surface area contributed by atoms with Crippen molar-refractivity contribution in [2.24, 2.45) is 0 Å². The van der Waals surface area contributed by atoms with Crippen LogP contribution in [0, 0.1) is 5.82 Å². The van der Waals surface area contributed by atoms with Gasteiger partial charge in [0.05, 0.1) is 5.39 Å². The Morgan fingerprint density at radius 3 is 2.64 bits per heavy atom. The van der Waals surface area contributed by atoms with Crippen LogP contribution in [-0.4, -0.2) is 40.2 Å². The maximum atomic E-state index is 15.1. The fraction of sp³-hybridized carbons (Fsp3) is 0.321. The van der Waals surface area contributed by atoms with Gasteiger partial charge in [0.2, 0.25) is 0 Å². The lowest BCUT2D eigenvalue weighted by atomic mass is 9.87. The van der Waals surface area contributed by atoms with E-state index in [1.165, 1.54) is 6.07 Å². The molecule has 1 atom stereocenters. The Morgan fingerprint density at radius 1 is 1.14 bits per heavy atom. The lowest BCUT2D eigenvalue weighted by Gasteiger charge is -2.19. The Balaban J connectivity index is 1.32. The number of nitrogens with one attached hydrogen (secondary N) is 4. The minimum atomic E-state index is -0.376. The van der Waals surface area contributed by atoms with Crippen LogP contribution in [-0.2, 0) is 12.0 Å². The predicted molar refractivity (Wildman–Crippen MR) is 140 cm³/mol. The number of fused-ring (bicyclic) bond motifs is 1. The van der Waals surface area contributed by atoms with Crippen molar-refractivity contribution in [3.05, 3.63) is 77.2 Å².